The fraction of sp³-hybridized carbons (Fsp3) is 0.818. The molecular formula is C11H20BrN3. The summed E-state index contributed by atoms with van der Waals surface area (Å²) < 4.78 is 2.25. The van der Waals surface area contributed by atoms with Crippen LogP contribution in [0.4, 0.5) is 0 Å². The molecule has 0 unspecified atom stereocenters. The van der Waals surface area contributed by atoms with E-state index in [0.717, 1.165) is 23.4 Å². The van der Waals surface area contributed by atoms with E-state index in [4.69, 9.17) is 0 Å². The summed E-state index contributed by atoms with van der Waals surface area (Å²) in [5.41, 5.74) is 0.0652. The molecule has 0 aliphatic carbocycles. The van der Waals surface area contributed by atoms with E-state index >= 15 is 0 Å². The van der Waals surface area contributed by atoms with E-state index in [1.54, 1.807) is 0 Å². The minimum Gasteiger partial charge on any atom is -0.309 e. The first-order chi connectivity index (χ1) is 7.00. The molecule has 0 aliphatic rings. The summed E-state index contributed by atoms with van der Waals surface area (Å²) in [5, 5.41) is 9.26. The third kappa shape index (κ3) is 3.03. The summed E-state index contributed by atoms with van der Waals surface area (Å²) >= 11 is 3.46. The van der Waals surface area contributed by atoms with Gasteiger partial charge in [0.2, 0.25) is 0 Å². The maximum Gasteiger partial charge on any atom is 0.144 e. The first-order valence-corrected chi connectivity index (χ1v) is 6.62. The van der Waals surface area contributed by atoms with Crippen LogP contribution in [0.3, 0.4) is 0 Å². The van der Waals surface area contributed by atoms with Gasteiger partial charge in [-0.2, -0.15) is 0 Å². The highest BCUT2D eigenvalue weighted by molar-refractivity contribution is 9.08. The number of aryl methyl sites for hydroxylation is 1. The molecule has 0 saturated heterocycles. The summed E-state index contributed by atoms with van der Waals surface area (Å²) in [7, 11) is 0. The zero-order chi connectivity index (χ0) is 11.5. The lowest BCUT2D eigenvalue weighted by atomic mass is 10.1. The van der Waals surface area contributed by atoms with Gasteiger partial charge in [0.05, 0.1) is 5.33 Å². The first-order valence-electron chi connectivity index (χ1n) is 5.50. The van der Waals surface area contributed by atoms with Gasteiger partial charge in [-0.3, -0.25) is 0 Å². The van der Waals surface area contributed by atoms with Gasteiger partial charge in [0.15, 0.2) is 0 Å². The summed E-state index contributed by atoms with van der Waals surface area (Å²) in [6.45, 7) is 8.77. The molecule has 0 spiro atoms. The van der Waals surface area contributed by atoms with Gasteiger partial charge < -0.3 is 4.57 Å². The second-order valence-electron chi connectivity index (χ2n) is 4.78. The van der Waals surface area contributed by atoms with Gasteiger partial charge in [0, 0.05) is 12.0 Å². The molecule has 0 fully saturated rings. The smallest absolute Gasteiger partial charge is 0.144 e. The maximum atomic E-state index is 4.27. The minimum atomic E-state index is 0.0652. The predicted octanol–water partition coefficient (Wildman–Crippen LogP) is 3.27. The normalized spacial score (nSPS) is 12.1. The van der Waals surface area contributed by atoms with Gasteiger partial charge in [0.25, 0.3) is 0 Å². The molecule has 1 heterocycles. The molecule has 0 aliphatic heterocycles. The average molecular weight is 274 g/mol. The molecular weight excluding hydrogens is 254 g/mol. The van der Waals surface area contributed by atoms with Gasteiger partial charge >= 0.3 is 0 Å². The number of nitrogens with zero attached hydrogens (tertiary/aromatic N) is 3. The van der Waals surface area contributed by atoms with E-state index in [0.29, 0.717) is 0 Å². The van der Waals surface area contributed by atoms with Crippen molar-refractivity contribution in [2.45, 2.75) is 57.8 Å². The number of hydrogen-bond acceptors (Lipinski definition) is 2. The van der Waals surface area contributed by atoms with Gasteiger partial charge in [0.1, 0.15) is 11.6 Å². The molecule has 0 amide bonds. The van der Waals surface area contributed by atoms with Crippen LogP contribution in [-0.4, -0.2) is 14.8 Å². The van der Waals surface area contributed by atoms with Crippen molar-refractivity contribution in [3.05, 3.63) is 11.6 Å². The van der Waals surface area contributed by atoms with Crippen LogP contribution in [0.15, 0.2) is 0 Å². The van der Waals surface area contributed by atoms with Crippen molar-refractivity contribution in [3.63, 3.8) is 0 Å². The largest absolute Gasteiger partial charge is 0.309 e. The van der Waals surface area contributed by atoms with Crippen molar-refractivity contribution in [1.82, 2.24) is 14.8 Å². The maximum absolute atomic E-state index is 4.27. The molecule has 1 aromatic heterocycles. The third-order valence-electron chi connectivity index (χ3n) is 2.34. The molecule has 1 aromatic rings. The van der Waals surface area contributed by atoms with Crippen LogP contribution in [0.2, 0.25) is 0 Å². The van der Waals surface area contributed by atoms with Gasteiger partial charge in [-0.05, 0) is 27.2 Å². The van der Waals surface area contributed by atoms with E-state index in [1.807, 2.05) is 0 Å². The predicted molar refractivity (Wildman–Crippen MR) is 66.3 cm³/mol. The van der Waals surface area contributed by atoms with Crippen LogP contribution in [-0.2, 0) is 17.3 Å². The number of alkyl halides is 1. The van der Waals surface area contributed by atoms with Crippen molar-refractivity contribution >= 4 is 15.9 Å². The van der Waals surface area contributed by atoms with Gasteiger partial charge in [-0.1, -0.05) is 29.3 Å². The second-order valence-corrected chi connectivity index (χ2v) is 5.34. The lowest BCUT2D eigenvalue weighted by Gasteiger charge is -2.24. The summed E-state index contributed by atoms with van der Waals surface area (Å²) in [5.74, 6) is 2.13. The Bertz CT molecular complexity index is 312. The van der Waals surface area contributed by atoms with Crippen molar-refractivity contribution < 1.29 is 0 Å². The Morgan fingerprint density at radius 1 is 1.20 bits per heavy atom. The summed E-state index contributed by atoms with van der Waals surface area (Å²) in [6.07, 6.45) is 3.39. The van der Waals surface area contributed by atoms with Crippen LogP contribution in [0, 0.1) is 0 Å². The summed E-state index contributed by atoms with van der Waals surface area (Å²) in [6, 6.07) is 0. The zero-order valence-electron chi connectivity index (χ0n) is 10.0. The molecule has 0 saturated carbocycles. The summed E-state index contributed by atoms with van der Waals surface area (Å²) in [4.78, 5) is 0. The fourth-order valence-electron chi connectivity index (χ4n) is 1.71. The lowest BCUT2D eigenvalue weighted by Crippen LogP contribution is -2.26. The highest BCUT2D eigenvalue weighted by Crippen LogP contribution is 2.21. The first kappa shape index (κ1) is 12.7. The molecule has 0 N–H and O–H groups in total. The van der Waals surface area contributed by atoms with Crippen molar-refractivity contribution in [1.29, 1.82) is 0 Å². The number of rotatable bonds is 4. The molecule has 4 heteroatoms. The number of halogens is 1. The topological polar surface area (TPSA) is 30.7 Å². The highest BCUT2D eigenvalue weighted by Gasteiger charge is 2.21. The number of hydrogen-bond donors (Lipinski definition) is 0. The second kappa shape index (κ2) is 5.10. The Hall–Kier alpha value is -0.380. The molecule has 86 valence electrons. The number of unbranched alkanes of at least 4 members (excludes halogenated alkanes) is 1. The molecule has 0 radical (unpaired) electrons. The molecule has 0 atom stereocenters. The van der Waals surface area contributed by atoms with Crippen LogP contribution in [0.1, 0.15) is 52.2 Å². The van der Waals surface area contributed by atoms with E-state index in [9.17, 15) is 0 Å². The van der Waals surface area contributed by atoms with E-state index < -0.39 is 0 Å². The van der Waals surface area contributed by atoms with E-state index in [-0.39, 0.29) is 5.54 Å². The van der Waals surface area contributed by atoms with Crippen LogP contribution in [0.25, 0.3) is 0 Å². The van der Waals surface area contributed by atoms with Crippen molar-refractivity contribution in [2.24, 2.45) is 0 Å². The SMILES string of the molecule is CCCCc1nnc(CBr)n1C(C)(C)C. The Morgan fingerprint density at radius 2 is 1.80 bits per heavy atom. The lowest BCUT2D eigenvalue weighted by molar-refractivity contribution is 0.372. The Balaban J connectivity index is 3.01. The molecule has 1 rings (SSSR count). The van der Waals surface area contributed by atoms with E-state index in [1.165, 1.54) is 12.8 Å². The highest BCUT2D eigenvalue weighted by atomic mass is 79.9. The molecule has 0 aromatic carbocycles. The zero-order valence-corrected chi connectivity index (χ0v) is 11.6. The van der Waals surface area contributed by atoms with Crippen LogP contribution >= 0.6 is 15.9 Å². The van der Waals surface area contributed by atoms with Crippen LogP contribution in [0.5, 0.6) is 0 Å². The average Bonchev–Trinajstić information content (AvgIpc) is 2.56. The van der Waals surface area contributed by atoms with Crippen molar-refractivity contribution in [2.75, 3.05) is 0 Å². The minimum absolute atomic E-state index is 0.0652. The van der Waals surface area contributed by atoms with E-state index in [2.05, 4.69) is 58.4 Å². The van der Waals surface area contributed by atoms with Crippen molar-refractivity contribution in [3.8, 4) is 0 Å². The third-order valence-corrected chi connectivity index (χ3v) is 2.84. The van der Waals surface area contributed by atoms with Gasteiger partial charge in [-0.25, -0.2) is 0 Å². The Kier molecular flexibility index (Phi) is 4.32. The van der Waals surface area contributed by atoms with Gasteiger partial charge in [-0.15, -0.1) is 10.2 Å². The number of aromatic nitrogens is 3. The molecule has 3 nitrogen and oxygen atoms in total. The molecule has 0 bridgehead atoms. The monoisotopic (exact) mass is 273 g/mol. The fourth-order valence-corrected chi connectivity index (χ4v) is 2.07. The Morgan fingerprint density at radius 3 is 2.27 bits per heavy atom. The Labute approximate surface area is 100 Å². The molecule has 15 heavy (non-hydrogen) atoms. The van der Waals surface area contributed by atoms with Crippen LogP contribution < -0.4 is 0 Å². The quantitative estimate of drug-likeness (QED) is 0.789. The standard InChI is InChI=1S/C11H20BrN3/c1-5-6-7-9-13-14-10(8-12)15(9)11(2,3)4/h5-8H2,1-4H3.